The Bertz CT molecular complexity index is 1010. The highest BCUT2D eigenvalue weighted by molar-refractivity contribution is 6.19. The van der Waals surface area contributed by atoms with Gasteiger partial charge in [-0.25, -0.2) is 0 Å². The topological polar surface area (TPSA) is 80.4 Å². The zero-order chi connectivity index (χ0) is 16.9. The van der Waals surface area contributed by atoms with Crippen LogP contribution in [0.5, 0.6) is 0 Å². The summed E-state index contributed by atoms with van der Waals surface area (Å²) in [4.78, 5) is 23.6. The van der Waals surface area contributed by atoms with Crippen LogP contribution in [0.4, 0.5) is 5.69 Å². The van der Waals surface area contributed by atoms with Crippen molar-refractivity contribution in [3.8, 4) is 0 Å². The molecule has 0 amide bonds. The minimum Gasteiger partial charge on any atom is -0.377 e. The van der Waals surface area contributed by atoms with E-state index in [1.54, 1.807) is 42.5 Å². The molecule has 3 aromatic rings. The molecule has 0 saturated heterocycles. The average Bonchev–Trinajstić information content (AvgIpc) is 2.80. The van der Waals surface area contributed by atoms with Crippen molar-refractivity contribution in [2.45, 2.75) is 12.0 Å². The number of benzene rings is 3. The van der Waals surface area contributed by atoms with Gasteiger partial charge in [0, 0.05) is 29.2 Å². The van der Waals surface area contributed by atoms with Gasteiger partial charge in [0.05, 0.1) is 4.92 Å². The highest BCUT2D eigenvalue weighted by Crippen LogP contribution is 2.43. The largest absolute Gasteiger partial charge is 0.377 e. The SMILES string of the molecule is O=C1c2cccc3cccc(c23)C1(O)Cc1ccccc1[N+](=O)[O-]. The van der Waals surface area contributed by atoms with Crippen molar-refractivity contribution in [3.05, 3.63) is 87.5 Å². The molecule has 0 bridgehead atoms. The minimum atomic E-state index is -1.78. The molecule has 1 aliphatic rings. The van der Waals surface area contributed by atoms with E-state index in [-0.39, 0.29) is 12.1 Å². The molecule has 3 aromatic carbocycles. The summed E-state index contributed by atoms with van der Waals surface area (Å²) in [7, 11) is 0. The molecule has 0 heterocycles. The maximum absolute atomic E-state index is 12.9. The molecular weight excluding hydrogens is 306 g/mol. The van der Waals surface area contributed by atoms with Crippen LogP contribution in [0.2, 0.25) is 0 Å². The summed E-state index contributed by atoms with van der Waals surface area (Å²) in [5.74, 6) is -0.410. The predicted octanol–water partition coefficient (Wildman–Crippen LogP) is 3.37. The summed E-state index contributed by atoms with van der Waals surface area (Å²) >= 11 is 0. The Kier molecular flexibility index (Phi) is 3.01. The first-order valence-corrected chi connectivity index (χ1v) is 7.54. The average molecular weight is 319 g/mol. The lowest BCUT2D eigenvalue weighted by atomic mass is 9.86. The molecule has 5 nitrogen and oxygen atoms in total. The van der Waals surface area contributed by atoms with Crippen molar-refractivity contribution in [1.29, 1.82) is 0 Å². The molecule has 1 aliphatic carbocycles. The third-order valence-corrected chi connectivity index (χ3v) is 4.61. The van der Waals surface area contributed by atoms with E-state index in [0.717, 1.165) is 10.8 Å². The Hall–Kier alpha value is -3.05. The van der Waals surface area contributed by atoms with E-state index in [9.17, 15) is 20.0 Å². The smallest absolute Gasteiger partial charge is 0.272 e. The monoisotopic (exact) mass is 319 g/mol. The molecule has 0 spiro atoms. The zero-order valence-electron chi connectivity index (χ0n) is 12.6. The van der Waals surface area contributed by atoms with Crippen molar-refractivity contribution in [3.63, 3.8) is 0 Å². The van der Waals surface area contributed by atoms with Crippen LogP contribution in [-0.4, -0.2) is 15.8 Å². The van der Waals surface area contributed by atoms with Crippen molar-refractivity contribution < 1.29 is 14.8 Å². The fourth-order valence-electron chi connectivity index (χ4n) is 3.51. The summed E-state index contributed by atoms with van der Waals surface area (Å²) in [6.45, 7) is 0. The molecule has 0 saturated carbocycles. The lowest BCUT2D eigenvalue weighted by Crippen LogP contribution is -2.34. The van der Waals surface area contributed by atoms with Gasteiger partial charge in [-0.3, -0.25) is 14.9 Å². The molecule has 1 N–H and O–H groups in total. The number of ketones is 1. The Labute approximate surface area is 137 Å². The van der Waals surface area contributed by atoms with Crippen molar-refractivity contribution in [1.82, 2.24) is 0 Å². The number of hydrogen-bond acceptors (Lipinski definition) is 4. The molecule has 0 fully saturated rings. The van der Waals surface area contributed by atoms with E-state index in [2.05, 4.69) is 0 Å². The van der Waals surface area contributed by atoms with Crippen LogP contribution in [0, 0.1) is 10.1 Å². The van der Waals surface area contributed by atoms with Crippen molar-refractivity contribution in [2.75, 3.05) is 0 Å². The van der Waals surface area contributed by atoms with E-state index in [0.29, 0.717) is 16.7 Å². The van der Waals surface area contributed by atoms with Gasteiger partial charge in [0.15, 0.2) is 11.4 Å². The quantitative estimate of drug-likeness (QED) is 0.593. The van der Waals surface area contributed by atoms with Crippen LogP contribution >= 0.6 is 0 Å². The molecule has 24 heavy (non-hydrogen) atoms. The first-order valence-electron chi connectivity index (χ1n) is 7.54. The van der Waals surface area contributed by atoms with Gasteiger partial charge in [-0.1, -0.05) is 54.6 Å². The van der Waals surface area contributed by atoms with Crippen LogP contribution in [0.15, 0.2) is 60.7 Å². The normalized spacial score (nSPS) is 19.0. The van der Waals surface area contributed by atoms with Crippen molar-refractivity contribution >= 4 is 22.2 Å². The number of hydrogen-bond donors (Lipinski definition) is 1. The fraction of sp³-hybridized carbons (Fsp3) is 0.105. The second-order valence-corrected chi connectivity index (χ2v) is 5.96. The molecular formula is C19H13NO4. The minimum absolute atomic E-state index is 0.0955. The highest BCUT2D eigenvalue weighted by atomic mass is 16.6. The third-order valence-electron chi connectivity index (χ3n) is 4.61. The number of rotatable bonds is 3. The van der Waals surface area contributed by atoms with E-state index in [1.807, 2.05) is 12.1 Å². The van der Waals surface area contributed by atoms with Gasteiger partial charge in [0.2, 0.25) is 0 Å². The Morgan fingerprint density at radius 3 is 2.46 bits per heavy atom. The molecule has 0 aromatic heterocycles. The number of Topliss-reactive ketones (excluding diaryl/α,β-unsaturated/α-hetero) is 1. The molecule has 0 aliphatic heterocycles. The predicted molar refractivity (Wildman–Crippen MR) is 89.0 cm³/mol. The van der Waals surface area contributed by atoms with E-state index < -0.39 is 16.3 Å². The summed E-state index contributed by atoms with van der Waals surface area (Å²) in [5.41, 5.74) is -0.567. The third kappa shape index (κ3) is 1.88. The standard InChI is InChI=1S/C19H13NO4/c21-18-14-8-3-6-12-7-4-9-15(17(12)14)19(18,22)11-13-5-1-2-10-16(13)20(23)24/h1-10,22H,11H2. The first-order chi connectivity index (χ1) is 11.5. The Balaban J connectivity index is 1.90. The number of nitrogens with zero attached hydrogens (tertiary/aromatic N) is 1. The van der Waals surface area contributed by atoms with Gasteiger partial charge in [-0.05, 0) is 10.8 Å². The molecule has 1 unspecified atom stereocenters. The van der Waals surface area contributed by atoms with Gasteiger partial charge in [-0.15, -0.1) is 0 Å². The number of para-hydroxylation sites is 1. The number of carbonyl (C=O) groups is 1. The Morgan fingerprint density at radius 1 is 1.00 bits per heavy atom. The van der Waals surface area contributed by atoms with Crippen LogP contribution in [0.3, 0.4) is 0 Å². The second-order valence-electron chi connectivity index (χ2n) is 5.96. The maximum Gasteiger partial charge on any atom is 0.272 e. The summed E-state index contributed by atoms with van der Waals surface area (Å²) in [6, 6.07) is 16.9. The van der Waals surface area contributed by atoms with E-state index in [4.69, 9.17) is 0 Å². The van der Waals surface area contributed by atoms with E-state index in [1.165, 1.54) is 6.07 Å². The van der Waals surface area contributed by atoms with Gasteiger partial charge in [-0.2, -0.15) is 0 Å². The summed E-state index contributed by atoms with van der Waals surface area (Å²) in [6.07, 6.45) is -0.128. The van der Waals surface area contributed by atoms with Gasteiger partial charge in [0.1, 0.15) is 0 Å². The number of nitro groups is 1. The Morgan fingerprint density at radius 2 is 1.71 bits per heavy atom. The molecule has 0 radical (unpaired) electrons. The molecule has 5 heteroatoms. The van der Waals surface area contributed by atoms with Crippen LogP contribution in [-0.2, 0) is 12.0 Å². The number of nitro benzene ring substituents is 1. The molecule has 4 rings (SSSR count). The van der Waals surface area contributed by atoms with Crippen LogP contribution < -0.4 is 0 Å². The van der Waals surface area contributed by atoms with Crippen LogP contribution in [0.1, 0.15) is 21.5 Å². The van der Waals surface area contributed by atoms with E-state index >= 15 is 0 Å². The summed E-state index contributed by atoms with van der Waals surface area (Å²) in [5, 5.41) is 24.0. The zero-order valence-corrected chi connectivity index (χ0v) is 12.6. The lowest BCUT2D eigenvalue weighted by molar-refractivity contribution is -0.385. The lowest BCUT2D eigenvalue weighted by Gasteiger charge is -2.22. The molecule has 118 valence electrons. The molecule has 1 atom stereocenters. The first kappa shape index (κ1) is 14.5. The second kappa shape index (κ2) is 4.97. The van der Waals surface area contributed by atoms with Crippen LogP contribution in [0.25, 0.3) is 10.8 Å². The highest BCUT2D eigenvalue weighted by Gasteiger charge is 2.46. The van der Waals surface area contributed by atoms with Gasteiger partial charge in [0.25, 0.3) is 5.69 Å². The fourth-order valence-corrected chi connectivity index (χ4v) is 3.51. The van der Waals surface area contributed by atoms with Crippen molar-refractivity contribution in [2.24, 2.45) is 0 Å². The van der Waals surface area contributed by atoms with Gasteiger partial charge >= 0.3 is 0 Å². The summed E-state index contributed by atoms with van der Waals surface area (Å²) < 4.78 is 0. The maximum atomic E-state index is 12.9. The number of carbonyl (C=O) groups excluding carboxylic acids is 1. The number of aliphatic hydroxyl groups is 1. The van der Waals surface area contributed by atoms with Gasteiger partial charge < -0.3 is 5.11 Å².